The lowest BCUT2D eigenvalue weighted by Gasteiger charge is -2.08. The molecule has 4 N–H and O–H groups in total. The van der Waals surface area contributed by atoms with Gasteiger partial charge in [-0.3, -0.25) is 9.59 Å². The Labute approximate surface area is 159 Å². The number of benzene rings is 2. The van der Waals surface area contributed by atoms with Gasteiger partial charge >= 0.3 is 5.97 Å². The number of hydrogen-bond donors (Lipinski definition) is 4. The standard InChI is InChI=1S/C19H16N4O5/c1-10(24)17(23-22-14-5-3-2-4-13(14)19(27)28)18(26)20-12-7-6-11-8-16(25)21-15(11)9-12/h2-7,9,24H,8H2,1H3,(H,20,26)(H,21,25)(H,27,28). The monoisotopic (exact) mass is 380 g/mol. The van der Waals surface area contributed by atoms with Crippen LogP contribution in [0.25, 0.3) is 0 Å². The molecule has 0 saturated heterocycles. The molecule has 0 saturated carbocycles. The van der Waals surface area contributed by atoms with Gasteiger partial charge in [-0.25, -0.2) is 4.79 Å². The highest BCUT2D eigenvalue weighted by atomic mass is 16.4. The van der Waals surface area contributed by atoms with Crippen molar-refractivity contribution in [2.24, 2.45) is 10.2 Å². The fourth-order valence-electron chi connectivity index (χ4n) is 2.61. The summed E-state index contributed by atoms with van der Waals surface area (Å²) in [6, 6.07) is 10.8. The summed E-state index contributed by atoms with van der Waals surface area (Å²) in [6.45, 7) is 1.26. The van der Waals surface area contributed by atoms with Crippen LogP contribution in [0.1, 0.15) is 22.8 Å². The second-order valence-corrected chi connectivity index (χ2v) is 6.01. The van der Waals surface area contributed by atoms with Crippen LogP contribution in [-0.2, 0) is 16.0 Å². The highest BCUT2D eigenvalue weighted by molar-refractivity contribution is 6.05. The number of allylic oxidation sites excluding steroid dienone is 1. The molecule has 0 bridgehead atoms. The molecule has 0 fully saturated rings. The number of aliphatic hydroxyl groups excluding tert-OH is 1. The zero-order chi connectivity index (χ0) is 20.3. The molecule has 2 aromatic carbocycles. The van der Waals surface area contributed by atoms with Crippen molar-refractivity contribution in [1.82, 2.24) is 0 Å². The molecule has 0 atom stereocenters. The molecule has 9 heteroatoms. The van der Waals surface area contributed by atoms with Gasteiger partial charge in [0, 0.05) is 11.4 Å². The number of hydrogen-bond acceptors (Lipinski definition) is 6. The molecule has 2 amide bonds. The normalized spacial score (nSPS) is 13.7. The molecule has 142 valence electrons. The minimum Gasteiger partial charge on any atom is -0.510 e. The Morgan fingerprint density at radius 1 is 1.14 bits per heavy atom. The van der Waals surface area contributed by atoms with Crippen LogP contribution in [0.4, 0.5) is 17.1 Å². The Morgan fingerprint density at radius 2 is 1.89 bits per heavy atom. The number of rotatable bonds is 5. The Bertz CT molecular complexity index is 1040. The molecule has 0 aliphatic carbocycles. The van der Waals surface area contributed by atoms with E-state index in [1.807, 2.05) is 0 Å². The van der Waals surface area contributed by atoms with Crippen LogP contribution >= 0.6 is 0 Å². The molecule has 2 aromatic rings. The third kappa shape index (κ3) is 4.04. The van der Waals surface area contributed by atoms with Gasteiger partial charge in [0.25, 0.3) is 5.91 Å². The maximum atomic E-state index is 12.5. The van der Waals surface area contributed by atoms with Crippen molar-refractivity contribution in [2.45, 2.75) is 13.3 Å². The van der Waals surface area contributed by atoms with Crippen LogP contribution < -0.4 is 10.6 Å². The number of carbonyl (C=O) groups is 3. The van der Waals surface area contributed by atoms with Gasteiger partial charge < -0.3 is 20.8 Å². The van der Waals surface area contributed by atoms with Crippen LogP contribution in [-0.4, -0.2) is 28.0 Å². The summed E-state index contributed by atoms with van der Waals surface area (Å²) in [5.74, 6) is -2.44. The number of fused-ring (bicyclic) bond motifs is 1. The Morgan fingerprint density at radius 3 is 2.61 bits per heavy atom. The summed E-state index contributed by atoms with van der Waals surface area (Å²) in [7, 11) is 0. The average Bonchev–Trinajstić information content (AvgIpc) is 3.01. The maximum Gasteiger partial charge on any atom is 0.337 e. The Balaban J connectivity index is 1.81. The van der Waals surface area contributed by atoms with E-state index in [0.29, 0.717) is 11.4 Å². The number of carbonyl (C=O) groups excluding carboxylic acids is 2. The largest absolute Gasteiger partial charge is 0.510 e. The van der Waals surface area contributed by atoms with E-state index in [1.54, 1.807) is 24.3 Å². The lowest BCUT2D eigenvalue weighted by molar-refractivity contribution is -0.115. The van der Waals surface area contributed by atoms with E-state index in [0.717, 1.165) is 5.56 Å². The van der Waals surface area contributed by atoms with Gasteiger partial charge in [0.2, 0.25) is 5.91 Å². The van der Waals surface area contributed by atoms with Crippen molar-refractivity contribution in [2.75, 3.05) is 10.6 Å². The van der Waals surface area contributed by atoms with E-state index >= 15 is 0 Å². The molecule has 0 spiro atoms. The fourth-order valence-corrected chi connectivity index (χ4v) is 2.61. The molecule has 0 radical (unpaired) electrons. The zero-order valence-electron chi connectivity index (χ0n) is 14.8. The summed E-state index contributed by atoms with van der Waals surface area (Å²) in [6.07, 6.45) is 0.279. The van der Waals surface area contributed by atoms with E-state index < -0.39 is 11.9 Å². The number of anilines is 2. The van der Waals surface area contributed by atoms with Crippen molar-refractivity contribution in [3.8, 4) is 0 Å². The van der Waals surface area contributed by atoms with Gasteiger partial charge in [-0.2, -0.15) is 0 Å². The lowest BCUT2D eigenvalue weighted by atomic mass is 10.1. The molecular formula is C19H16N4O5. The number of carboxylic acid groups (broad SMARTS) is 1. The minimum absolute atomic E-state index is 0.0433. The van der Waals surface area contributed by atoms with E-state index in [1.165, 1.54) is 25.1 Å². The van der Waals surface area contributed by atoms with Crippen molar-refractivity contribution in [3.05, 3.63) is 65.0 Å². The van der Waals surface area contributed by atoms with Gasteiger partial charge in [-0.05, 0) is 36.8 Å². The molecule has 9 nitrogen and oxygen atoms in total. The highest BCUT2D eigenvalue weighted by Crippen LogP contribution is 2.27. The molecule has 28 heavy (non-hydrogen) atoms. The van der Waals surface area contributed by atoms with Gasteiger partial charge in [-0.15, -0.1) is 10.2 Å². The van der Waals surface area contributed by atoms with Crippen LogP contribution in [0, 0.1) is 0 Å². The first-order valence-corrected chi connectivity index (χ1v) is 8.23. The highest BCUT2D eigenvalue weighted by Gasteiger charge is 2.19. The quantitative estimate of drug-likeness (QED) is 0.357. The van der Waals surface area contributed by atoms with Crippen molar-refractivity contribution in [3.63, 3.8) is 0 Å². The zero-order valence-corrected chi connectivity index (χ0v) is 14.8. The SMILES string of the molecule is CC(O)=C(N=Nc1ccccc1C(=O)O)C(=O)Nc1ccc2c(c1)NC(=O)C2. The molecular weight excluding hydrogens is 364 g/mol. The molecule has 1 aliphatic heterocycles. The first kappa shape index (κ1) is 18.8. The first-order chi connectivity index (χ1) is 13.3. The second kappa shape index (κ2) is 7.70. The second-order valence-electron chi connectivity index (χ2n) is 6.01. The third-order valence-electron chi connectivity index (χ3n) is 3.94. The molecule has 0 unspecified atom stereocenters. The van der Waals surface area contributed by atoms with Crippen LogP contribution in [0.3, 0.4) is 0 Å². The maximum absolute atomic E-state index is 12.5. The number of aliphatic hydroxyl groups is 1. The van der Waals surface area contributed by atoms with Crippen molar-refractivity contribution >= 4 is 34.8 Å². The molecule has 1 aliphatic rings. The molecule has 1 heterocycles. The summed E-state index contributed by atoms with van der Waals surface area (Å²) >= 11 is 0. The number of nitrogens with zero attached hydrogens (tertiary/aromatic N) is 2. The van der Waals surface area contributed by atoms with Gasteiger partial charge in [0.15, 0.2) is 5.70 Å². The Kier molecular flexibility index (Phi) is 5.16. The Hall–Kier alpha value is -4.01. The van der Waals surface area contributed by atoms with E-state index in [-0.39, 0.29) is 35.0 Å². The number of azo groups is 1. The topological polar surface area (TPSA) is 140 Å². The number of amides is 2. The number of nitrogens with one attached hydrogen (secondary N) is 2. The van der Waals surface area contributed by atoms with E-state index in [9.17, 15) is 19.5 Å². The van der Waals surface area contributed by atoms with Gasteiger partial charge in [-0.1, -0.05) is 18.2 Å². The predicted molar refractivity (Wildman–Crippen MR) is 101 cm³/mol. The number of carboxylic acids is 1. The first-order valence-electron chi connectivity index (χ1n) is 8.23. The van der Waals surface area contributed by atoms with E-state index in [4.69, 9.17) is 5.11 Å². The van der Waals surface area contributed by atoms with Crippen LogP contribution in [0.5, 0.6) is 0 Å². The number of aromatic carboxylic acids is 1. The van der Waals surface area contributed by atoms with Crippen LogP contribution in [0.15, 0.2) is 64.1 Å². The summed E-state index contributed by atoms with van der Waals surface area (Å²) in [5.41, 5.74) is 1.40. The minimum atomic E-state index is -1.19. The molecule has 3 rings (SSSR count). The van der Waals surface area contributed by atoms with Crippen molar-refractivity contribution in [1.29, 1.82) is 0 Å². The smallest absolute Gasteiger partial charge is 0.337 e. The van der Waals surface area contributed by atoms with Gasteiger partial charge in [0.05, 0.1) is 12.0 Å². The third-order valence-corrected chi connectivity index (χ3v) is 3.94. The summed E-state index contributed by atoms with van der Waals surface area (Å²) in [5, 5.41) is 31.7. The van der Waals surface area contributed by atoms with Crippen LogP contribution in [0.2, 0.25) is 0 Å². The van der Waals surface area contributed by atoms with Crippen molar-refractivity contribution < 1.29 is 24.6 Å². The average molecular weight is 380 g/mol. The summed E-state index contributed by atoms with van der Waals surface area (Å²) in [4.78, 5) is 35.1. The summed E-state index contributed by atoms with van der Waals surface area (Å²) < 4.78 is 0. The lowest BCUT2D eigenvalue weighted by Crippen LogP contribution is -2.14. The van der Waals surface area contributed by atoms with E-state index in [2.05, 4.69) is 20.9 Å². The molecule has 0 aromatic heterocycles. The fraction of sp³-hybridized carbons (Fsp3) is 0.105. The predicted octanol–water partition coefficient (Wildman–Crippen LogP) is 3.39. The van der Waals surface area contributed by atoms with Gasteiger partial charge in [0.1, 0.15) is 11.4 Å².